The molecule has 11 heteroatoms. The van der Waals surface area contributed by atoms with E-state index in [1.54, 1.807) is 24.5 Å². The summed E-state index contributed by atoms with van der Waals surface area (Å²) in [4.78, 5) is 28.0. The van der Waals surface area contributed by atoms with Crippen LogP contribution >= 0.6 is 0 Å². The third-order valence-corrected chi connectivity index (χ3v) is 7.80. The highest BCUT2D eigenvalue weighted by Crippen LogP contribution is 2.43. The van der Waals surface area contributed by atoms with Crippen LogP contribution in [0.15, 0.2) is 61.1 Å². The van der Waals surface area contributed by atoms with Crippen LogP contribution in [0.5, 0.6) is 5.75 Å². The summed E-state index contributed by atoms with van der Waals surface area (Å²) in [5, 5.41) is 23.5. The average Bonchev–Trinajstić information content (AvgIpc) is 3.62. The third kappa shape index (κ3) is 4.43. The maximum atomic E-state index is 14.8. The molecule has 0 radical (unpaired) electrons. The predicted molar refractivity (Wildman–Crippen MR) is 149 cm³/mol. The van der Waals surface area contributed by atoms with Crippen molar-refractivity contribution in [3.63, 3.8) is 0 Å². The fourth-order valence-corrected chi connectivity index (χ4v) is 5.95. The topological polar surface area (TPSA) is 150 Å². The smallest absolute Gasteiger partial charge is 0.268 e. The number of nitriles is 1. The minimum absolute atomic E-state index is 0.0171. The van der Waals surface area contributed by atoms with Crippen LogP contribution in [-0.4, -0.2) is 64.4 Å². The van der Waals surface area contributed by atoms with Gasteiger partial charge in [-0.15, -0.1) is 0 Å². The van der Waals surface area contributed by atoms with E-state index in [4.69, 9.17) is 10.5 Å². The molecule has 41 heavy (non-hydrogen) atoms. The Morgan fingerprint density at radius 1 is 1.24 bits per heavy atom. The van der Waals surface area contributed by atoms with E-state index >= 15 is 0 Å². The van der Waals surface area contributed by atoms with Gasteiger partial charge in [0.05, 0.1) is 37.0 Å². The van der Waals surface area contributed by atoms with Gasteiger partial charge in [0.1, 0.15) is 17.3 Å². The number of rotatable bonds is 7. The van der Waals surface area contributed by atoms with E-state index in [9.17, 15) is 19.6 Å². The molecular weight excluding hydrogens is 525 g/mol. The Balaban J connectivity index is 1.56. The molecule has 2 saturated heterocycles. The fraction of sp³-hybridized carbons (Fsp3) is 0.233. The number of primary amides is 1. The van der Waals surface area contributed by atoms with E-state index in [0.717, 1.165) is 24.2 Å². The Kier molecular flexibility index (Phi) is 6.78. The number of anilines is 1. The first-order valence-electron chi connectivity index (χ1n) is 13.1. The van der Waals surface area contributed by atoms with Gasteiger partial charge in [-0.3, -0.25) is 9.78 Å². The normalized spacial score (nSPS) is 19.3. The number of aromatic nitrogens is 3. The van der Waals surface area contributed by atoms with E-state index in [0.29, 0.717) is 22.3 Å². The average molecular weight is 552 g/mol. The molecule has 206 valence electrons. The molecule has 4 heterocycles. The lowest BCUT2D eigenvalue weighted by atomic mass is 9.95. The molecule has 3 atom stereocenters. The van der Waals surface area contributed by atoms with Crippen molar-refractivity contribution in [2.75, 3.05) is 25.2 Å². The monoisotopic (exact) mass is 551 g/mol. The molecule has 4 aromatic rings. The number of nitrogens with one attached hydrogen (secondary N) is 1. The van der Waals surface area contributed by atoms with Crippen molar-refractivity contribution in [2.45, 2.75) is 24.5 Å². The number of nitrogens with zero attached hydrogens (tertiary/aromatic N) is 5. The number of pyridine rings is 1. The lowest BCUT2D eigenvalue weighted by Crippen LogP contribution is -2.53. The minimum Gasteiger partial charge on any atom is -0.496 e. The largest absolute Gasteiger partial charge is 0.496 e. The van der Waals surface area contributed by atoms with Gasteiger partial charge in [-0.1, -0.05) is 18.2 Å². The second-order valence-electron chi connectivity index (χ2n) is 9.96. The molecular formula is C30H26FN7O3. The van der Waals surface area contributed by atoms with Gasteiger partial charge in [-0.25, -0.2) is 14.4 Å². The van der Waals surface area contributed by atoms with Crippen molar-refractivity contribution in [1.82, 2.24) is 20.3 Å². The van der Waals surface area contributed by atoms with E-state index in [-0.39, 0.29) is 47.6 Å². The highest BCUT2D eigenvalue weighted by molar-refractivity contribution is 6.00. The number of hydrogen-bond donors (Lipinski definition) is 3. The number of fused-ring (bicyclic) bond motifs is 2. The van der Waals surface area contributed by atoms with Crippen LogP contribution in [0.25, 0.3) is 33.6 Å². The molecule has 0 spiro atoms. The van der Waals surface area contributed by atoms with Crippen LogP contribution in [-0.2, 0) is 0 Å². The summed E-state index contributed by atoms with van der Waals surface area (Å²) in [6.07, 6.45) is 5.49. The number of hydrogen-bond acceptors (Lipinski definition) is 9. The first-order chi connectivity index (χ1) is 19.9. The molecule has 2 bridgehead atoms. The molecule has 4 N–H and O–H groups in total. The maximum Gasteiger partial charge on any atom is 0.268 e. The van der Waals surface area contributed by atoms with Gasteiger partial charge in [-0.2, -0.15) is 5.26 Å². The zero-order chi connectivity index (χ0) is 28.7. The van der Waals surface area contributed by atoms with Gasteiger partial charge in [0.15, 0.2) is 5.82 Å². The number of carbonyl (C=O) groups is 1. The Bertz CT molecular complexity index is 1710. The van der Waals surface area contributed by atoms with Crippen molar-refractivity contribution in [2.24, 2.45) is 5.73 Å². The molecule has 10 nitrogen and oxygen atoms in total. The molecule has 0 unspecified atom stereocenters. The van der Waals surface area contributed by atoms with Crippen molar-refractivity contribution in [3.05, 3.63) is 78.1 Å². The van der Waals surface area contributed by atoms with E-state index in [1.165, 1.54) is 25.4 Å². The van der Waals surface area contributed by atoms with Gasteiger partial charge in [-0.05, 0) is 36.2 Å². The Hall–Kier alpha value is -4.92. The zero-order valence-electron chi connectivity index (χ0n) is 22.1. The summed E-state index contributed by atoms with van der Waals surface area (Å²) in [6.45, 7) is 0.645. The molecule has 1 amide bonds. The van der Waals surface area contributed by atoms with E-state index < -0.39 is 11.7 Å². The molecule has 0 saturated carbocycles. The van der Waals surface area contributed by atoms with E-state index in [2.05, 4.69) is 31.2 Å². The second-order valence-corrected chi connectivity index (χ2v) is 9.96. The van der Waals surface area contributed by atoms with Crippen LogP contribution < -0.4 is 20.7 Å². The predicted octanol–water partition coefficient (Wildman–Crippen LogP) is 2.90. The van der Waals surface area contributed by atoms with Gasteiger partial charge in [0.2, 0.25) is 0 Å². The quantitative estimate of drug-likeness (QED) is 0.315. The highest BCUT2D eigenvalue weighted by Gasteiger charge is 2.46. The van der Waals surface area contributed by atoms with Crippen LogP contribution in [0.3, 0.4) is 0 Å². The molecule has 2 fully saturated rings. The maximum absolute atomic E-state index is 14.8. The number of benzene rings is 2. The van der Waals surface area contributed by atoms with Crippen molar-refractivity contribution >= 4 is 11.6 Å². The van der Waals surface area contributed by atoms with Crippen LogP contribution in [0, 0.1) is 17.1 Å². The number of carbonyl (C=O) groups excluding carboxylic acids is 1. The Morgan fingerprint density at radius 3 is 2.85 bits per heavy atom. The summed E-state index contributed by atoms with van der Waals surface area (Å²) in [6, 6.07) is 13.7. The van der Waals surface area contributed by atoms with Crippen molar-refractivity contribution in [3.8, 4) is 45.5 Å². The summed E-state index contributed by atoms with van der Waals surface area (Å²) in [5.74, 6) is -1.23. The Morgan fingerprint density at radius 2 is 2.10 bits per heavy atom. The number of piperazine rings is 1. The number of amides is 1. The van der Waals surface area contributed by atoms with Crippen molar-refractivity contribution < 1.29 is 19.0 Å². The minimum atomic E-state index is -0.809. The molecule has 0 aliphatic carbocycles. The first-order valence-corrected chi connectivity index (χ1v) is 13.1. The number of methoxy groups -OCH3 is 1. The number of aliphatic hydroxyl groups excluding tert-OH is 1. The highest BCUT2D eigenvalue weighted by atomic mass is 19.1. The van der Waals surface area contributed by atoms with Crippen LogP contribution in [0.4, 0.5) is 10.1 Å². The van der Waals surface area contributed by atoms with Gasteiger partial charge in [0, 0.05) is 59.6 Å². The number of aliphatic hydroxyl groups is 1. The summed E-state index contributed by atoms with van der Waals surface area (Å²) in [5.41, 5.74) is 9.31. The standard InChI is InChI=1S/C30H26FN7O3/c1-41-26-4-2-3-22(31)27(26)30-36-14-21(28(37-30)29(33)40)19-6-5-16(20-13-34-8-7-17(20)11-32)9-24(19)38-18-10-23(35-12-18)25(38)15-39/h2-9,13-14,18,23,25,35,39H,10,12,15H2,1H3,(H2,33,40)/t18-,23-,25-/m0/s1. The molecule has 2 aliphatic rings. The third-order valence-electron chi connectivity index (χ3n) is 7.80. The molecule has 2 aromatic heterocycles. The number of nitrogens with two attached hydrogens (primary N) is 1. The summed E-state index contributed by atoms with van der Waals surface area (Å²) >= 11 is 0. The molecule has 2 aliphatic heterocycles. The SMILES string of the molecule is COc1cccc(F)c1-c1ncc(-c2ccc(-c3cnccc3C#N)cc2N2[C@@H]3CN[C@@H](C3)[C@@H]2CO)c(C(N)=O)n1. The molecule has 6 rings (SSSR count). The first kappa shape index (κ1) is 26.3. The van der Waals surface area contributed by atoms with Crippen molar-refractivity contribution in [1.29, 1.82) is 5.26 Å². The summed E-state index contributed by atoms with van der Waals surface area (Å²) < 4.78 is 20.2. The van der Waals surface area contributed by atoms with Crippen LogP contribution in [0.1, 0.15) is 22.5 Å². The summed E-state index contributed by atoms with van der Waals surface area (Å²) in [7, 11) is 1.41. The van der Waals surface area contributed by atoms with Crippen LogP contribution in [0.2, 0.25) is 0 Å². The van der Waals surface area contributed by atoms with E-state index in [1.807, 2.05) is 18.2 Å². The molecule has 2 aromatic carbocycles. The number of ether oxygens (including phenoxy) is 1. The van der Waals surface area contributed by atoms with Gasteiger partial charge < -0.3 is 25.8 Å². The lowest BCUT2D eigenvalue weighted by molar-refractivity contribution is 0.0996. The zero-order valence-corrected chi connectivity index (χ0v) is 22.1. The lowest BCUT2D eigenvalue weighted by Gasteiger charge is -2.38. The number of halogens is 1. The second kappa shape index (κ2) is 10.6. The Labute approximate surface area is 235 Å². The fourth-order valence-electron chi connectivity index (χ4n) is 5.95. The van der Waals surface area contributed by atoms with Gasteiger partial charge >= 0.3 is 0 Å². The van der Waals surface area contributed by atoms with Gasteiger partial charge in [0.25, 0.3) is 5.91 Å².